The Balaban J connectivity index is 2.83. The Morgan fingerprint density at radius 2 is 2.23 bits per heavy atom. The topological polar surface area (TPSA) is 42.0 Å². The number of pyridine rings is 1. The van der Waals surface area contributed by atoms with Crippen molar-refractivity contribution in [2.75, 3.05) is 5.32 Å². The Labute approximate surface area is 73.8 Å². The molecule has 5 heteroatoms. The van der Waals surface area contributed by atoms with Crippen molar-refractivity contribution in [1.82, 2.24) is 4.98 Å². The molecule has 0 unspecified atom stereocenters. The minimum atomic E-state index is -1.01. The number of halogens is 2. The number of aromatic nitrogens is 1. The van der Waals surface area contributed by atoms with Crippen molar-refractivity contribution in [3.63, 3.8) is 0 Å². The van der Waals surface area contributed by atoms with Crippen LogP contribution in [0.25, 0.3) is 0 Å². The highest BCUT2D eigenvalue weighted by atomic mass is 19.1. The van der Waals surface area contributed by atoms with Gasteiger partial charge in [-0.2, -0.15) is 13.8 Å². The van der Waals surface area contributed by atoms with Crippen molar-refractivity contribution in [1.29, 1.82) is 0 Å². The molecule has 0 fully saturated rings. The van der Waals surface area contributed by atoms with Gasteiger partial charge in [-0.25, -0.2) is 0 Å². The monoisotopic (exact) mass is 186 g/mol. The van der Waals surface area contributed by atoms with Crippen LogP contribution in [0.1, 0.15) is 13.3 Å². The van der Waals surface area contributed by atoms with Crippen LogP contribution in [-0.2, 0) is 4.79 Å². The standard InChI is InChI=1S/C8H8F2N2O/c1-2-7(13)11-5-3-4-6(9)12-8(5)10/h3-4H,2H2,1H3,(H,11,13). The average Bonchev–Trinajstić information content (AvgIpc) is 2.09. The number of nitrogens with zero attached hydrogens (tertiary/aromatic N) is 1. The molecule has 1 aromatic rings. The fraction of sp³-hybridized carbons (Fsp3) is 0.250. The second-order valence-corrected chi connectivity index (χ2v) is 2.37. The third-order valence-electron chi connectivity index (χ3n) is 1.41. The summed E-state index contributed by atoms with van der Waals surface area (Å²) in [5.74, 6) is -2.26. The predicted octanol–water partition coefficient (Wildman–Crippen LogP) is 1.71. The zero-order valence-corrected chi connectivity index (χ0v) is 6.97. The summed E-state index contributed by atoms with van der Waals surface area (Å²) in [4.78, 5) is 13.7. The molecule has 0 saturated heterocycles. The SMILES string of the molecule is CCC(=O)Nc1ccc(F)nc1F. The number of hydrogen-bond donors (Lipinski definition) is 1. The van der Waals surface area contributed by atoms with Gasteiger partial charge in [-0.15, -0.1) is 0 Å². The van der Waals surface area contributed by atoms with Crippen LogP contribution in [0.5, 0.6) is 0 Å². The lowest BCUT2D eigenvalue weighted by Gasteiger charge is -2.02. The molecule has 70 valence electrons. The zero-order valence-electron chi connectivity index (χ0n) is 6.97. The Hall–Kier alpha value is -1.52. The Bertz CT molecular complexity index is 328. The van der Waals surface area contributed by atoms with Gasteiger partial charge in [0.05, 0.1) is 5.69 Å². The molecule has 0 bridgehead atoms. The lowest BCUT2D eigenvalue weighted by atomic mass is 10.3. The molecule has 1 N–H and O–H groups in total. The van der Waals surface area contributed by atoms with Crippen LogP contribution in [0.2, 0.25) is 0 Å². The van der Waals surface area contributed by atoms with Gasteiger partial charge in [-0.05, 0) is 12.1 Å². The van der Waals surface area contributed by atoms with E-state index in [2.05, 4.69) is 10.3 Å². The van der Waals surface area contributed by atoms with Crippen LogP contribution < -0.4 is 5.32 Å². The van der Waals surface area contributed by atoms with Crippen LogP contribution in [0, 0.1) is 11.9 Å². The third kappa shape index (κ3) is 2.47. The van der Waals surface area contributed by atoms with E-state index in [-0.39, 0.29) is 18.0 Å². The van der Waals surface area contributed by atoms with Gasteiger partial charge in [0.25, 0.3) is 0 Å². The van der Waals surface area contributed by atoms with Gasteiger partial charge < -0.3 is 5.32 Å². The smallest absolute Gasteiger partial charge is 0.239 e. The molecule has 0 radical (unpaired) electrons. The molecule has 0 saturated carbocycles. The maximum absolute atomic E-state index is 12.8. The van der Waals surface area contributed by atoms with Gasteiger partial charge in [0.15, 0.2) is 0 Å². The second-order valence-electron chi connectivity index (χ2n) is 2.37. The minimum Gasteiger partial charge on any atom is -0.322 e. The highest BCUT2D eigenvalue weighted by molar-refractivity contribution is 5.90. The quantitative estimate of drug-likeness (QED) is 0.714. The normalized spacial score (nSPS) is 9.77. The molecule has 3 nitrogen and oxygen atoms in total. The highest BCUT2D eigenvalue weighted by Gasteiger charge is 2.06. The van der Waals surface area contributed by atoms with E-state index in [9.17, 15) is 13.6 Å². The van der Waals surface area contributed by atoms with E-state index >= 15 is 0 Å². The summed E-state index contributed by atoms with van der Waals surface area (Å²) < 4.78 is 25.1. The molecule has 0 aliphatic rings. The predicted molar refractivity (Wildman–Crippen MR) is 43.1 cm³/mol. The van der Waals surface area contributed by atoms with E-state index in [1.807, 2.05) is 0 Å². The second kappa shape index (κ2) is 3.93. The summed E-state index contributed by atoms with van der Waals surface area (Å²) in [7, 11) is 0. The first-order chi connectivity index (χ1) is 6.13. The lowest BCUT2D eigenvalue weighted by molar-refractivity contribution is -0.115. The lowest BCUT2D eigenvalue weighted by Crippen LogP contribution is -2.11. The minimum absolute atomic E-state index is 0.103. The van der Waals surface area contributed by atoms with Gasteiger partial charge >= 0.3 is 0 Å². The van der Waals surface area contributed by atoms with Crippen LogP contribution in [0.3, 0.4) is 0 Å². The molecule has 0 aromatic carbocycles. The molecular formula is C8H8F2N2O. The molecule has 0 atom stereocenters. The third-order valence-corrected chi connectivity index (χ3v) is 1.41. The maximum atomic E-state index is 12.8. The van der Waals surface area contributed by atoms with Crippen LogP contribution in [0.4, 0.5) is 14.5 Å². The molecular weight excluding hydrogens is 178 g/mol. The Morgan fingerprint density at radius 3 is 2.77 bits per heavy atom. The molecule has 1 heterocycles. The summed E-state index contributed by atoms with van der Waals surface area (Å²) >= 11 is 0. The maximum Gasteiger partial charge on any atom is 0.239 e. The average molecular weight is 186 g/mol. The molecule has 1 rings (SSSR count). The molecule has 1 aromatic heterocycles. The molecule has 0 aliphatic heterocycles. The van der Waals surface area contributed by atoms with Gasteiger partial charge in [0, 0.05) is 6.42 Å². The number of anilines is 1. The molecule has 1 amide bonds. The number of carbonyl (C=O) groups is 1. The molecule has 0 spiro atoms. The number of carbonyl (C=O) groups excluding carboxylic acids is 1. The summed E-state index contributed by atoms with van der Waals surface area (Å²) in [5, 5.41) is 2.24. The van der Waals surface area contributed by atoms with Crippen molar-refractivity contribution >= 4 is 11.6 Å². The van der Waals surface area contributed by atoms with Crippen molar-refractivity contribution in [2.45, 2.75) is 13.3 Å². The van der Waals surface area contributed by atoms with Crippen LogP contribution in [-0.4, -0.2) is 10.9 Å². The fourth-order valence-corrected chi connectivity index (χ4v) is 0.744. The van der Waals surface area contributed by atoms with E-state index in [0.717, 1.165) is 12.1 Å². The highest BCUT2D eigenvalue weighted by Crippen LogP contribution is 2.11. The summed E-state index contributed by atoms with van der Waals surface area (Å²) in [6.07, 6.45) is 0.233. The number of hydrogen-bond acceptors (Lipinski definition) is 2. The van der Waals surface area contributed by atoms with Gasteiger partial charge in [0.1, 0.15) is 0 Å². The van der Waals surface area contributed by atoms with Crippen molar-refractivity contribution in [2.24, 2.45) is 0 Å². The van der Waals surface area contributed by atoms with E-state index < -0.39 is 11.9 Å². The van der Waals surface area contributed by atoms with Crippen molar-refractivity contribution < 1.29 is 13.6 Å². The summed E-state index contributed by atoms with van der Waals surface area (Å²) in [6.45, 7) is 1.63. The van der Waals surface area contributed by atoms with Crippen molar-refractivity contribution in [3.05, 3.63) is 24.0 Å². The van der Waals surface area contributed by atoms with E-state index in [1.165, 1.54) is 0 Å². The Kier molecular flexibility index (Phi) is 2.89. The number of rotatable bonds is 2. The first-order valence-electron chi connectivity index (χ1n) is 3.75. The molecule has 0 aliphatic carbocycles. The first kappa shape index (κ1) is 9.57. The van der Waals surface area contributed by atoms with Crippen LogP contribution in [0.15, 0.2) is 12.1 Å². The zero-order chi connectivity index (χ0) is 9.84. The van der Waals surface area contributed by atoms with E-state index in [1.54, 1.807) is 6.92 Å². The number of amides is 1. The van der Waals surface area contributed by atoms with E-state index in [4.69, 9.17) is 0 Å². The Morgan fingerprint density at radius 1 is 1.54 bits per heavy atom. The van der Waals surface area contributed by atoms with E-state index in [0.29, 0.717) is 0 Å². The summed E-state index contributed by atoms with van der Waals surface area (Å²) in [6, 6.07) is 2.11. The fourth-order valence-electron chi connectivity index (χ4n) is 0.744. The van der Waals surface area contributed by atoms with Gasteiger partial charge in [-0.3, -0.25) is 4.79 Å². The number of nitrogens with one attached hydrogen (secondary N) is 1. The first-order valence-corrected chi connectivity index (χ1v) is 3.75. The van der Waals surface area contributed by atoms with Gasteiger partial charge in [-0.1, -0.05) is 6.92 Å². The van der Waals surface area contributed by atoms with Crippen LogP contribution >= 0.6 is 0 Å². The summed E-state index contributed by atoms with van der Waals surface area (Å²) in [5.41, 5.74) is -0.103. The largest absolute Gasteiger partial charge is 0.322 e. The molecule has 13 heavy (non-hydrogen) atoms. The van der Waals surface area contributed by atoms with Gasteiger partial charge in [0.2, 0.25) is 17.8 Å². The van der Waals surface area contributed by atoms with Crippen molar-refractivity contribution in [3.8, 4) is 0 Å².